The number of carbonyl (C=O) groups is 2. The summed E-state index contributed by atoms with van der Waals surface area (Å²) in [5, 5.41) is 10.00. The molecule has 0 fully saturated rings. The molecule has 0 bridgehead atoms. The van der Waals surface area contributed by atoms with Crippen LogP contribution in [0.25, 0.3) is 0 Å². The third-order valence-corrected chi connectivity index (χ3v) is 3.54. The molecule has 0 spiro atoms. The van der Waals surface area contributed by atoms with Gasteiger partial charge in [0.1, 0.15) is 25.7 Å². The van der Waals surface area contributed by atoms with Crippen molar-refractivity contribution in [2.45, 2.75) is 46.4 Å². The second kappa shape index (κ2) is 11.8. The first-order valence-electron chi connectivity index (χ1n) is 8.35. The number of nitrogens with two attached hydrogens (primary N) is 2. The predicted octanol–water partition coefficient (Wildman–Crippen LogP) is -0.286. The maximum Gasteiger partial charge on any atom is 0.333 e. The lowest BCUT2D eigenvalue weighted by Crippen LogP contribution is -2.62. The molecule has 0 radical (unpaired) electrons. The molecule has 5 N–H and O–H groups in total. The van der Waals surface area contributed by atoms with Crippen LogP contribution in [0, 0.1) is 0 Å². The lowest BCUT2D eigenvalue weighted by atomic mass is 10.3. The summed E-state index contributed by atoms with van der Waals surface area (Å²) in [6.45, 7) is 13.9. The standard InChI is InChI=1S/C17H32N4O5/c1-11(2)15(23)25-9-7-20(13(5)18)17(19)21(14(6)22)8-10-26-16(24)12(3)4/h13-14,17,22H,1,3,7-10,18-19H2,2,4-6H3. The lowest BCUT2D eigenvalue weighted by Gasteiger charge is -2.40. The van der Waals surface area contributed by atoms with E-state index in [1.165, 1.54) is 4.90 Å². The minimum Gasteiger partial charge on any atom is -0.461 e. The molecule has 0 aliphatic carbocycles. The minimum absolute atomic E-state index is 0.0295. The fourth-order valence-corrected chi connectivity index (χ4v) is 2.04. The van der Waals surface area contributed by atoms with E-state index in [0.717, 1.165) is 0 Å². The molecule has 0 saturated heterocycles. The SMILES string of the molecule is C=C(C)C(=O)OCCN(C(C)N)C(N)N(CCOC(=O)C(=C)C)C(C)O. The Kier molecular flexibility index (Phi) is 11.0. The second-order valence-electron chi connectivity index (χ2n) is 6.09. The van der Waals surface area contributed by atoms with Gasteiger partial charge in [0, 0.05) is 24.2 Å². The Bertz CT molecular complexity index is 463. The van der Waals surface area contributed by atoms with Gasteiger partial charge in [-0.25, -0.2) is 14.5 Å². The van der Waals surface area contributed by atoms with Gasteiger partial charge in [0.15, 0.2) is 0 Å². The van der Waals surface area contributed by atoms with Gasteiger partial charge >= 0.3 is 11.9 Å². The summed E-state index contributed by atoms with van der Waals surface area (Å²) in [7, 11) is 0. The molecule has 9 nitrogen and oxygen atoms in total. The molecule has 0 aliphatic heterocycles. The highest BCUT2D eigenvalue weighted by molar-refractivity contribution is 5.87. The molecule has 0 aromatic heterocycles. The summed E-state index contributed by atoms with van der Waals surface area (Å²) < 4.78 is 10.1. The fraction of sp³-hybridized carbons (Fsp3) is 0.647. The average Bonchev–Trinajstić information content (AvgIpc) is 2.53. The van der Waals surface area contributed by atoms with E-state index in [1.807, 2.05) is 0 Å². The highest BCUT2D eigenvalue weighted by atomic mass is 16.5. The van der Waals surface area contributed by atoms with Gasteiger partial charge in [-0.15, -0.1) is 0 Å². The predicted molar refractivity (Wildman–Crippen MR) is 98.3 cm³/mol. The fourth-order valence-electron chi connectivity index (χ4n) is 2.04. The largest absolute Gasteiger partial charge is 0.461 e. The normalized spacial score (nSPS) is 14.7. The molecule has 0 aromatic carbocycles. The molecule has 0 rings (SSSR count). The van der Waals surface area contributed by atoms with Crippen molar-refractivity contribution < 1.29 is 24.2 Å². The molecular formula is C17H32N4O5. The van der Waals surface area contributed by atoms with E-state index >= 15 is 0 Å². The Morgan fingerprint density at radius 2 is 1.35 bits per heavy atom. The third-order valence-electron chi connectivity index (χ3n) is 3.54. The summed E-state index contributed by atoms with van der Waals surface area (Å²) in [5.74, 6) is -1.01. The van der Waals surface area contributed by atoms with Crippen LogP contribution in [0.1, 0.15) is 27.7 Å². The molecule has 26 heavy (non-hydrogen) atoms. The van der Waals surface area contributed by atoms with Crippen LogP contribution < -0.4 is 11.5 Å². The van der Waals surface area contributed by atoms with Crippen molar-refractivity contribution in [3.05, 3.63) is 24.3 Å². The Hall–Kier alpha value is -1.78. The topological polar surface area (TPSA) is 131 Å². The number of carbonyl (C=O) groups excluding carboxylic acids is 2. The zero-order valence-corrected chi connectivity index (χ0v) is 16.1. The second-order valence-corrected chi connectivity index (χ2v) is 6.09. The van der Waals surface area contributed by atoms with Crippen LogP contribution in [-0.2, 0) is 19.1 Å². The smallest absolute Gasteiger partial charge is 0.333 e. The van der Waals surface area contributed by atoms with Crippen molar-refractivity contribution in [3.63, 3.8) is 0 Å². The number of ether oxygens (including phenoxy) is 2. The summed E-state index contributed by atoms with van der Waals surface area (Å²) in [6.07, 6.45) is -2.15. The Balaban J connectivity index is 4.81. The molecule has 0 aliphatic rings. The van der Waals surface area contributed by atoms with Crippen LogP contribution in [0.4, 0.5) is 0 Å². The number of aliphatic hydroxyl groups excluding tert-OH is 1. The van der Waals surface area contributed by atoms with Crippen LogP contribution in [-0.4, -0.2) is 71.8 Å². The zero-order valence-electron chi connectivity index (χ0n) is 16.1. The van der Waals surface area contributed by atoms with E-state index in [4.69, 9.17) is 20.9 Å². The maximum absolute atomic E-state index is 11.5. The molecule has 3 unspecified atom stereocenters. The average molecular weight is 372 g/mol. The van der Waals surface area contributed by atoms with E-state index in [2.05, 4.69) is 13.2 Å². The van der Waals surface area contributed by atoms with E-state index in [9.17, 15) is 14.7 Å². The summed E-state index contributed by atoms with van der Waals surface area (Å²) in [4.78, 5) is 26.1. The Labute approximate surface area is 155 Å². The molecule has 9 heteroatoms. The first-order chi connectivity index (χ1) is 12.0. The number of esters is 2. The zero-order chi connectivity index (χ0) is 20.4. The van der Waals surface area contributed by atoms with Crippen LogP contribution in [0.15, 0.2) is 24.3 Å². The number of aliphatic hydroxyl groups is 1. The highest BCUT2D eigenvalue weighted by Crippen LogP contribution is 2.08. The molecule has 0 amide bonds. The van der Waals surface area contributed by atoms with Crippen LogP contribution in [0.2, 0.25) is 0 Å². The van der Waals surface area contributed by atoms with Gasteiger partial charge in [-0.05, 0) is 27.7 Å². The number of rotatable bonds is 12. The summed E-state index contributed by atoms with van der Waals surface area (Å²) in [5.41, 5.74) is 12.7. The minimum atomic E-state index is -0.909. The maximum atomic E-state index is 11.5. The monoisotopic (exact) mass is 372 g/mol. The van der Waals surface area contributed by atoms with E-state index in [1.54, 1.807) is 32.6 Å². The van der Waals surface area contributed by atoms with Crippen LogP contribution >= 0.6 is 0 Å². The summed E-state index contributed by atoms with van der Waals surface area (Å²) in [6, 6.07) is 0. The van der Waals surface area contributed by atoms with Crippen molar-refractivity contribution >= 4 is 11.9 Å². The van der Waals surface area contributed by atoms with Crippen molar-refractivity contribution in [1.29, 1.82) is 0 Å². The van der Waals surface area contributed by atoms with Gasteiger partial charge in [0.05, 0.1) is 6.17 Å². The van der Waals surface area contributed by atoms with Gasteiger partial charge < -0.3 is 26.0 Å². The lowest BCUT2D eigenvalue weighted by molar-refractivity contribution is -0.143. The molecule has 0 heterocycles. The van der Waals surface area contributed by atoms with Crippen molar-refractivity contribution in [2.75, 3.05) is 26.3 Å². The highest BCUT2D eigenvalue weighted by Gasteiger charge is 2.27. The van der Waals surface area contributed by atoms with Crippen LogP contribution in [0.5, 0.6) is 0 Å². The van der Waals surface area contributed by atoms with E-state index in [0.29, 0.717) is 5.57 Å². The van der Waals surface area contributed by atoms with Gasteiger partial charge in [-0.1, -0.05) is 13.2 Å². The van der Waals surface area contributed by atoms with E-state index in [-0.39, 0.29) is 31.9 Å². The van der Waals surface area contributed by atoms with Crippen molar-refractivity contribution in [3.8, 4) is 0 Å². The molecular weight excluding hydrogens is 340 g/mol. The Morgan fingerprint density at radius 1 is 0.962 bits per heavy atom. The van der Waals surface area contributed by atoms with Crippen molar-refractivity contribution in [2.24, 2.45) is 11.5 Å². The number of hydrogen-bond donors (Lipinski definition) is 3. The first kappa shape index (κ1) is 24.2. The van der Waals surface area contributed by atoms with E-state index < -0.39 is 30.6 Å². The Morgan fingerprint density at radius 3 is 1.65 bits per heavy atom. The van der Waals surface area contributed by atoms with Gasteiger partial charge in [-0.3, -0.25) is 4.90 Å². The van der Waals surface area contributed by atoms with Gasteiger partial charge in [-0.2, -0.15) is 0 Å². The van der Waals surface area contributed by atoms with Gasteiger partial charge in [0.2, 0.25) is 0 Å². The number of nitrogens with zero attached hydrogens (tertiary/aromatic N) is 2. The van der Waals surface area contributed by atoms with Gasteiger partial charge in [0.25, 0.3) is 0 Å². The molecule has 3 atom stereocenters. The number of hydrogen-bond acceptors (Lipinski definition) is 9. The summed E-state index contributed by atoms with van der Waals surface area (Å²) >= 11 is 0. The quantitative estimate of drug-likeness (QED) is 0.240. The molecule has 150 valence electrons. The van der Waals surface area contributed by atoms with Crippen LogP contribution in [0.3, 0.4) is 0 Å². The van der Waals surface area contributed by atoms with Crippen molar-refractivity contribution in [1.82, 2.24) is 9.80 Å². The third kappa shape index (κ3) is 8.54. The first-order valence-corrected chi connectivity index (χ1v) is 8.35. The molecule has 0 saturated carbocycles. The molecule has 0 aromatic rings.